The first-order valence-electron chi connectivity index (χ1n) is 3.13. The van der Waals surface area contributed by atoms with Gasteiger partial charge in [0.25, 0.3) is 12.1 Å². The van der Waals surface area contributed by atoms with Crippen LogP contribution in [0.3, 0.4) is 0 Å². The van der Waals surface area contributed by atoms with Crippen molar-refractivity contribution in [3.63, 3.8) is 0 Å². The minimum Gasteiger partial charge on any atom is -0.442 e. The molecule has 0 saturated carbocycles. The zero-order valence-electron chi connectivity index (χ0n) is 6.80. The summed E-state index contributed by atoms with van der Waals surface area (Å²) in [4.78, 5) is 10.1. The lowest BCUT2D eigenvalue weighted by Gasteiger charge is -2.42. The van der Waals surface area contributed by atoms with Gasteiger partial charge in [0.2, 0.25) is 7.59 Å². The summed E-state index contributed by atoms with van der Waals surface area (Å²) in [5.74, 6) is 0. The summed E-state index contributed by atoms with van der Waals surface area (Å²) in [5, 5.41) is 0. The first kappa shape index (κ1) is 17.0. The normalized spacial score (nSPS) is 14.8. The van der Waals surface area contributed by atoms with E-state index in [-0.39, 0.29) is 0 Å². The minimum absolute atomic E-state index is 0.628. The fourth-order valence-electron chi connectivity index (χ4n) is 0.755. The van der Waals surface area contributed by atoms with E-state index in [1.54, 1.807) is 0 Å². The van der Waals surface area contributed by atoms with E-state index in [1.807, 2.05) is 0 Å². The highest BCUT2D eigenvalue weighted by Gasteiger charge is 2.78. The molecule has 0 fully saturated rings. The molecule has 0 atom stereocenters. The second-order valence-electron chi connectivity index (χ2n) is 2.39. The lowest BCUT2D eigenvalue weighted by molar-refractivity contribution is -0.262. The summed E-state index contributed by atoms with van der Waals surface area (Å²) in [6.45, 7) is -0.628. The van der Waals surface area contributed by atoms with Crippen LogP contribution in [0.2, 0.25) is 0 Å². The Hall–Kier alpha value is 1.000. The molecule has 0 aliphatic rings. The summed E-state index contributed by atoms with van der Waals surface area (Å²) in [7, 11) is 0. The number of carbonyl (C=O) groups excluding carboxylic acids is 1. The van der Waals surface area contributed by atoms with Crippen molar-refractivity contribution in [2.75, 3.05) is 0 Å². The average molecular weight is 363 g/mol. The van der Waals surface area contributed by atoms with Gasteiger partial charge in [-0.25, -0.2) is 0 Å². The van der Waals surface area contributed by atoms with Gasteiger partial charge in [-0.05, 0) is 0 Å². The molecule has 0 bridgehead atoms. The number of hydrogen-bond donors (Lipinski definition) is 0. The van der Waals surface area contributed by atoms with Gasteiger partial charge in [0, 0.05) is 0 Å². The first-order chi connectivity index (χ1) is 6.81. The number of rotatable bonds is 2. The number of halogens is 9. The Bertz CT molecular complexity index is 231. The zero-order valence-corrected chi connectivity index (χ0v) is 11.3. The Kier molecular flexibility index (Phi) is 5.25. The summed E-state index contributed by atoms with van der Waals surface area (Å²) >= 11 is 30.5. The molecule has 2 nitrogen and oxygen atoms in total. The standard InChI is InChI=1S/C5HCl6F3O2/c6-3(7,8)2(16-1-15,4(9,10)11)5(12,13)14/h1H. The molecular weight excluding hydrogens is 362 g/mol. The smallest absolute Gasteiger partial charge is 0.437 e. The lowest BCUT2D eigenvalue weighted by atomic mass is 10.1. The fraction of sp³-hybridized carbons (Fsp3) is 0.800. The number of carbonyl (C=O) groups is 1. The lowest BCUT2D eigenvalue weighted by Crippen LogP contribution is -2.65. The Morgan fingerprint density at radius 2 is 1.19 bits per heavy atom. The molecule has 0 amide bonds. The van der Waals surface area contributed by atoms with E-state index < -0.39 is 25.8 Å². The SMILES string of the molecule is O=COC(C(F)(F)F)(C(Cl)(Cl)Cl)C(Cl)(Cl)Cl. The maximum absolute atomic E-state index is 12.8. The van der Waals surface area contributed by atoms with Crippen LogP contribution in [0.25, 0.3) is 0 Å². The Balaban J connectivity index is 5.92. The fourth-order valence-corrected chi connectivity index (χ4v) is 2.95. The molecule has 0 aromatic carbocycles. The number of ether oxygens (including phenoxy) is 1. The van der Waals surface area contributed by atoms with Crippen molar-refractivity contribution in [3.05, 3.63) is 0 Å². The molecular formula is C5HCl6F3O2. The summed E-state index contributed by atoms with van der Waals surface area (Å²) in [5.41, 5.74) is -3.91. The minimum atomic E-state index is -5.41. The highest BCUT2D eigenvalue weighted by molar-refractivity contribution is 6.74. The van der Waals surface area contributed by atoms with Crippen LogP contribution in [0, 0.1) is 0 Å². The molecule has 0 radical (unpaired) electrons. The van der Waals surface area contributed by atoms with E-state index in [2.05, 4.69) is 4.74 Å². The molecule has 0 heterocycles. The Morgan fingerprint density at radius 1 is 0.875 bits per heavy atom. The van der Waals surface area contributed by atoms with E-state index in [1.165, 1.54) is 0 Å². The number of alkyl halides is 9. The van der Waals surface area contributed by atoms with Crippen molar-refractivity contribution in [3.8, 4) is 0 Å². The van der Waals surface area contributed by atoms with Crippen molar-refractivity contribution < 1.29 is 22.7 Å². The van der Waals surface area contributed by atoms with Crippen molar-refractivity contribution in [1.82, 2.24) is 0 Å². The molecule has 96 valence electrons. The summed E-state index contributed by atoms with van der Waals surface area (Å²) in [6, 6.07) is 0. The molecule has 0 aliphatic carbocycles. The van der Waals surface area contributed by atoms with Gasteiger partial charge < -0.3 is 4.74 Å². The number of hydrogen-bond acceptors (Lipinski definition) is 2. The second-order valence-corrected chi connectivity index (χ2v) is 6.95. The molecule has 0 saturated heterocycles. The predicted molar refractivity (Wildman–Crippen MR) is 56.5 cm³/mol. The van der Waals surface area contributed by atoms with E-state index >= 15 is 0 Å². The van der Waals surface area contributed by atoms with Crippen molar-refractivity contribution >= 4 is 76.1 Å². The molecule has 0 aromatic heterocycles. The third-order valence-corrected chi connectivity index (χ3v) is 3.02. The quantitative estimate of drug-likeness (QED) is 0.543. The molecule has 0 aromatic rings. The van der Waals surface area contributed by atoms with Crippen LogP contribution in [-0.4, -0.2) is 25.8 Å². The van der Waals surface area contributed by atoms with Gasteiger partial charge in [-0.3, -0.25) is 4.79 Å². The monoisotopic (exact) mass is 360 g/mol. The average Bonchev–Trinajstić information content (AvgIpc) is 1.91. The Morgan fingerprint density at radius 3 is 1.25 bits per heavy atom. The zero-order chi connectivity index (χ0) is 13.4. The molecule has 0 aliphatic heterocycles. The van der Waals surface area contributed by atoms with Gasteiger partial charge in [0.05, 0.1) is 0 Å². The second kappa shape index (κ2) is 4.94. The molecule has 0 N–H and O–H groups in total. The molecule has 0 unspecified atom stereocenters. The summed E-state index contributed by atoms with van der Waals surface area (Å²) < 4.78 is 35.6. The van der Waals surface area contributed by atoms with Crippen molar-refractivity contribution in [2.24, 2.45) is 0 Å². The largest absolute Gasteiger partial charge is 0.442 e. The third kappa shape index (κ3) is 2.87. The predicted octanol–water partition coefficient (Wildman–Crippen LogP) is 4.20. The van der Waals surface area contributed by atoms with Gasteiger partial charge >= 0.3 is 6.18 Å². The van der Waals surface area contributed by atoms with E-state index in [4.69, 9.17) is 69.6 Å². The van der Waals surface area contributed by atoms with Crippen LogP contribution in [0.15, 0.2) is 0 Å². The van der Waals surface area contributed by atoms with Crippen molar-refractivity contribution in [1.29, 1.82) is 0 Å². The van der Waals surface area contributed by atoms with Gasteiger partial charge in [-0.2, -0.15) is 13.2 Å². The first-order valence-corrected chi connectivity index (χ1v) is 5.39. The molecule has 0 spiro atoms. The summed E-state index contributed by atoms with van der Waals surface area (Å²) in [6.07, 6.45) is -5.41. The van der Waals surface area contributed by atoms with Gasteiger partial charge in [0.15, 0.2) is 0 Å². The van der Waals surface area contributed by atoms with Crippen LogP contribution < -0.4 is 0 Å². The van der Waals surface area contributed by atoms with E-state index in [0.29, 0.717) is 0 Å². The highest BCUT2D eigenvalue weighted by Crippen LogP contribution is 2.60. The molecule has 0 rings (SSSR count). The van der Waals surface area contributed by atoms with Crippen LogP contribution in [0.4, 0.5) is 13.2 Å². The third-order valence-electron chi connectivity index (χ3n) is 1.42. The van der Waals surface area contributed by atoms with E-state index in [9.17, 15) is 18.0 Å². The molecule has 11 heteroatoms. The van der Waals surface area contributed by atoms with Crippen LogP contribution in [0.1, 0.15) is 0 Å². The van der Waals surface area contributed by atoms with Crippen molar-refractivity contribution in [2.45, 2.75) is 19.4 Å². The maximum Gasteiger partial charge on any atom is 0.437 e. The van der Waals surface area contributed by atoms with Crippen LogP contribution in [-0.2, 0) is 9.53 Å². The Labute approximate surface area is 118 Å². The topological polar surface area (TPSA) is 26.3 Å². The van der Waals surface area contributed by atoms with E-state index in [0.717, 1.165) is 0 Å². The maximum atomic E-state index is 12.8. The highest BCUT2D eigenvalue weighted by atomic mass is 35.6. The van der Waals surface area contributed by atoms with Crippen LogP contribution in [0.5, 0.6) is 0 Å². The van der Waals surface area contributed by atoms with Gasteiger partial charge in [-0.1, -0.05) is 69.6 Å². The van der Waals surface area contributed by atoms with Crippen LogP contribution >= 0.6 is 69.6 Å². The van der Waals surface area contributed by atoms with Gasteiger partial charge in [0.1, 0.15) is 0 Å². The van der Waals surface area contributed by atoms with Gasteiger partial charge in [-0.15, -0.1) is 0 Å². The molecule has 16 heavy (non-hydrogen) atoms.